The fourth-order valence-electron chi connectivity index (χ4n) is 4.82. The van der Waals surface area contributed by atoms with E-state index in [0.717, 1.165) is 48.7 Å². The highest BCUT2D eigenvalue weighted by Crippen LogP contribution is 2.36. The van der Waals surface area contributed by atoms with E-state index < -0.39 is 5.97 Å². The average Bonchev–Trinajstić information content (AvgIpc) is 2.95. The molecule has 1 fully saturated rings. The maximum atomic E-state index is 12.1. The molecule has 27 heavy (non-hydrogen) atoms. The molecule has 5 heteroatoms. The highest BCUT2D eigenvalue weighted by molar-refractivity contribution is 6.30. The van der Waals surface area contributed by atoms with Gasteiger partial charge in [0, 0.05) is 41.9 Å². The lowest BCUT2D eigenvalue weighted by Crippen LogP contribution is -3.17. The number of carboxylic acids is 1. The van der Waals surface area contributed by atoms with Gasteiger partial charge in [0.15, 0.2) is 6.04 Å². The van der Waals surface area contributed by atoms with Crippen LogP contribution >= 0.6 is 11.6 Å². The number of nitrogens with zero attached hydrogens (tertiary/aromatic N) is 1. The summed E-state index contributed by atoms with van der Waals surface area (Å²) in [5.74, 6) is -0.683. The molecule has 2 aromatic rings. The Hall–Kier alpha value is -2.04. The number of anilines is 1. The molecule has 0 bridgehead atoms. The molecule has 2 heterocycles. The van der Waals surface area contributed by atoms with E-state index in [2.05, 4.69) is 42.3 Å². The van der Waals surface area contributed by atoms with Crippen molar-refractivity contribution in [2.45, 2.75) is 44.3 Å². The van der Waals surface area contributed by atoms with Crippen LogP contribution in [0.15, 0.2) is 42.5 Å². The van der Waals surface area contributed by atoms with Gasteiger partial charge in [0.25, 0.3) is 0 Å². The minimum atomic E-state index is -0.683. The summed E-state index contributed by atoms with van der Waals surface area (Å²) < 4.78 is 0. The van der Waals surface area contributed by atoms with Crippen LogP contribution in [-0.2, 0) is 11.3 Å². The van der Waals surface area contributed by atoms with Crippen LogP contribution < -0.4 is 9.80 Å². The summed E-state index contributed by atoms with van der Waals surface area (Å²) >= 11 is 6.31. The molecule has 142 valence electrons. The first-order valence-corrected chi connectivity index (χ1v) is 10.1. The fraction of sp³-hybridized carbons (Fsp3) is 0.409. The van der Waals surface area contributed by atoms with Gasteiger partial charge in [-0.1, -0.05) is 35.9 Å². The number of likely N-dealkylation sites (tertiary alicyclic amines) is 1. The fourth-order valence-corrected chi connectivity index (χ4v) is 5.02. The van der Waals surface area contributed by atoms with Crippen molar-refractivity contribution >= 4 is 23.3 Å². The van der Waals surface area contributed by atoms with Gasteiger partial charge in [-0.3, -0.25) is 0 Å². The molecule has 4 rings (SSSR count). The molecule has 3 unspecified atom stereocenters. The van der Waals surface area contributed by atoms with E-state index in [0.29, 0.717) is 0 Å². The number of hydrogen-bond acceptors (Lipinski definition) is 2. The van der Waals surface area contributed by atoms with Gasteiger partial charge in [-0.05, 0) is 43.0 Å². The Morgan fingerprint density at radius 1 is 1.15 bits per heavy atom. The van der Waals surface area contributed by atoms with Crippen molar-refractivity contribution in [3.05, 3.63) is 64.2 Å². The van der Waals surface area contributed by atoms with Crippen LogP contribution in [0.2, 0.25) is 5.02 Å². The SMILES string of the molecule is CN1Cc2cc(Cl)ccc2C([NH+]2CCCCCC2C(=O)O)c2ccccc21. The molecule has 0 amide bonds. The minimum absolute atomic E-state index is 0.0117. The van der Waals surface area contributed by atoms with Crippen molar-refractivity contribution in [1.82, 2.24) is 0 Å². The molecular formula is C22H26ClN2O2+. The quantitative estimate of drug-likeness (QED) is 0.833. The number of quaternary nitrogens is 1. The highest BCUT2D eigenvalue weighted by Gasteiger charge is 2.41. The number of aliphatic carboxylic acids is 1. The van der Waals surface area contributed by atoms with E-state index >= 15 is 0 Å². The van der Waals surface area contributed by atoms with Crippen molar-refractivity contribution in [2.24, 2.45) is 0 Å². The van der Waals surface area contributed by atoms with Crippen molar-refractivity contribution in [1.29, 1.82) is 0 Å². The lowest BCUT2D eigenvalue weighted by atomic mass is 9.92. The molecule has 0 aliphatic carbocycles. The van der Waals surface area contributed by atoms with Gasteiger partial charge in [-0.2, -0.15) is 0 Å². The van der Waals surface area contributed by atoms with E-state index in [-0.39, 0.29) is 12.1 Å². The molecule has 2 aliphatic rings. The van der Waals surface area contributed by atoms with E-state index in [1.54, 1.807) is 0 Å². The van der Waals surface area contributed by atoms with Crippen LogP contribution in [0.25, 0.3) is 0 Å². The van der Waals surface area contributed by atoms with Crippen LogP contribution in [0, 0.1) is 0 Å². The number of benzene rings is 2. The lowest BCUT2D eigenvalue weighted by Gasteiger charge is -2.33. The maximum absolute atomic E-state index is 12.1. The van der Waals surface area contributed by atoms with Crippen molar-refractivity contribution in [3.63, 3.8) is 0 Å². The number of hydrogen-bond donors (Lipinski definition) is 2. The number of rotatable bonds is 2. The molecule has 2 aliphatic heterocycles. The molecular weight excluding hydrogens is 360 g/mol. The Labute approximate surface area is 165 Å². The number of para-hydroxylation sites is 1. The topological polar surface area (TPSA) is 45.0 Å². The maximum Gasteiger partial charge on any atom is 0.362 e. The Bertz CT molecular complexity index is 854. The van der Waals surface area contributed by atoms with Crippen LogP contribution in [0.4, 0.5) is 5.69 Å². The Morgan fingerprint density at radius 3 is 2.78 bits per heavy atom. The van der Waals surface area contributed by atoms with E-state index in [1.165, 1.54) is 22.4 Å². The summed E-state index contributed by atoms with van der Waals surface area (Å²) in [6.07, 6.45) is 3.90. The van der Waals surface area contributed by atoms with E-state index in [9.17, 15) is 9.90 Å². The number of carboxylic acid groups (broad SMARTS) is 1. The van der Waals surface area contributed by atoms with Crippen LogP contribution in [-0.4, -0.2) is 30.7 Å². The molecule has 3 atom stereocenters. The molecule has 2 aromatic carbocycles. The predicted octanol–water partition coefficient (Wildman–Crippen LogP) is 3.29. The molecule has 4 nitrogen and oxygen atoms in total. The van der Waals surface area contributed by atoms with Gasteiger partial charge in [-0.15, -0.1) is 0 Å². The zero-order valence-corrected chi connectivity index (χ0v) is 16.4. The average molecular weight is 386 g/mol. The summed E-state index contributed by atoms with van der Waals surface area (Å²) in [4.78, 5) is 15.5. The Balaban J connectivity index is 1.92. The Morgan fingerprint density at radius 2 is 1.96 bits per heavy atom. The van der Waals surface area contributed by atoms with Crippen molar-refractivity contribution in [3.8, 4) is 0 Å². The minimum Gasteiger partial charge on any atom is -0.477 e. The first-order chi connectivity index (χ1) is 13.1. The normalized spacial score (nSPS) is 25.1. The zero-order chi connectivity index (χ0) is 19.0. The third-order valence-electron chi connectivity index (χ3n) is 6.06. The predicted molar refractivity (Wildman–Crippen MR) is 108 cm³/mol. The van der Waals surface area contributed by atoms with Crippen LogP contribution in [0.3, 0.4) is 0 Å². The first-order valence-electron chi connectivity index (χ1n) is 9.73. The number of halogens is 1. The molecule has 0 aromatic heterocycles. The summed E-state index contributed by atoms with van der Waals surface area (Å²) in [7, 11) is 2.10. The zero-order valence-electron chi connectivity index (χ0n) is 15.6. The van der Waals surface area contributed by atoms with Gasteiger partial charge >= 0.3 is 5.97 Å². The van der Waals surface area contributed by atoms with Gasteiger partial charge in [0.05, 0.1) is 6.54 Å². The third kappa shape index (κ3) is 3.44. The largest absolute Gasteiger partial charge is 0.477 e. The second-order valence-electron chi connectivity index (χ2n) is 7.76. The third-order valence-corrected chi connectivity index (χ3v) is 6.29. The number of carbonyl (C=O) groups is 1. The molecule has 0 radical (unpaired) electrons. The van der Waals surface area contributed by atoms with Gasteiger partial charge in [-0.25, -0.2) is 4.79 Å². The summed E-state index contributed by atoms with van der Waals surface area (Å²) in [6.45, 7) is 1.65. The van der Waals surface area contributed by atoms with Crippen LogP contribution in [0.5, 0.6) is 0 Å². The summed E-state index contributed by atoms with van der Waals surface area (Å²) in [6, 6.07) is 14.1. The summed E-state index contributed by atoms with van der Waals surface area (Å²) in [5.41, 5.74) is 4.78. The monoisotopic (exact) mass is 385 g/mol. The van der Waals surface area contributed by atoms with E-state index in [1.807, 2.05) is 12.1 Å². The summed E-state index contributed by atoms with van der Waals surface area (Å²) in [5, 5.41) is 10.7. The first kappa shape index (κ1) is 18.3. The van der Waals surface area contributed by atoms with Crippen molar-refractivity contribution < 1.29 is 14.8 Å². The second-order valence-corrected chi connectivity index (χ2v) is 8.19. The van der Waals surface area contributed by atoms with Gasteiger partial charge in [0.2, 0.25) is 0 Å². The van der Waals surface area contributed by atoms with Crippen molar-refractivity contribution in [2.75, 3.05) is 18.5 Å². The Kier molecular flexibility index (Phi) is 5.11. The van der Waals surface area contributed by atoms with Crippen LogP contribution in [0.1, 0.15) is 48.4 Å². The molecule has 0 spiro atoms. The lowest BCUT2D eigenvalue weighted by molar-refractivity contribution is -0.941. The molecule has 2 N–H and O–H groups in total. The van der Waals surface area contributed by atoms with Gasteiger partial charge < -0.3 is 14.9 Å². The number of nitrogens with one attached hydrogen (secondary N) is 1. The molecule has 1 saturated heterocycles. The highest BCUT2D eigenvalue weighted by atomic mass is 35.5. The standard InChI is InChI=1S/C22H25ClN2O2/c1-24-14-15-13-16(23)10-11-17(15)21(18-7-4-5-8-19(18)24)25-12-6-2-3-9-20(25)22(26)27/h4-5,7-8,10-11,13,20-21H,2-3,6,9,12,14H2,1H3,(H,26,27)/p+1. The number of fused-ring (bicyclic) bond motifs is 2. The second kappa shape index (κ2) is 7.53. The van der Waals surface area contributed by atoms with E-state index in [4.69, 9.17) is 11.6 Å². The molecule has 0 saturated carbocycles. The smallest absolute Gasteiger partial charge is 0.362 e. The van der Waals surface area contributed by atoms with Gasteiger partial charge in [0.1, 0.15) is 6.04 Å².